The van der Waals surface area contributed by atoms with Crippen LogP contribution in [0.25, 0.3) is 0 Å². The lowest BCUT2D eigenvalue weighted by molar-refractivity contribution is -0.132. The minimum absolute atomic E-state index is 0.369. The Morgan fingerprint density at radius 3 is 1.56 bits per heavy atom. The standard InChI is InChI=1S/C4H6O4S/c5-3-1-9(7,8)2-4(3)6/h7-8H,1-2H2. The summed E-state index contributed by atoms with van der Waals surface area (Å²) < 4.78 is 17.5. The first-order chi connectivity index (χ1) is 4.01. The van der Waals surface area contributed by atoms with Gasteiger partial charge in [0.1, 0.15) is 11.5 Å². The summed E-state index contributed by atoms with van der Waals surface area (Å²) in [6.07, 6.45) is 0. The van der Waals surface area contributed by atoms with Crippen molar-refractivity contribution in [3.8, 4) is 0 Å². The molecule has 0 amide bonds. The van der Waals surface area contributed by atoms with Crippen molar-refractivity contribution in [2.24, 2.45) is 0 Å². The third-order valence-electron chi connectivity index (χ3n) is 1.04. The van der Waals surface area contributed by atoms with Crippen LogP contribution < -0.4 is 0 Å². The van der Waals surface area contributed by atoms with Gasteiger partial charge >= 0.3 is 0 Å². The maximum Gasteiger partial charge on any atom is 0.218 e. The van der Waals surface area contributed by atoms with Gasteiger partial charge in [0.05, 0.1) is 0 Å². The summed E-state index contributed by atoms with van der Waals surface area (Å²) in [6.45, 7) is 0. The Kier molecular flexibility index (Phi) is 1.34. The van der Waals surface area contributed by atoms with E-state index in [9.17, 15) is 9.59 Å². The van der Waals surface area contributed by atoms with Gasteiger partial charge in [0.15, 0.2) is 0 Å². The van der Waals surface area contributed by atoms with E-state index in [0.717, 1.165) is 0 Å². The topological polar surface area (TPSA) is 74.6 Å². The van der Waals surface area contributed by atoms with Gasteiger partial charge < -0.3 is 0 Å². The molecule has 1 rings (SSSR count). The summed E-state index contributed by atoms with van der Waals surface area (Å²) in [7, 11) is -2.84. The zero-order valence-electron chi connectivity index (χ0n) is 4.53. The van der Waals surface area contributed by atoms with Gasteiger partial charge in [-0.25, -0.2) is 0 Å². The zero-order chi connectivity index (χ0) is 7.07. The Balaban J connectivity index is 2.76. The molecule has 1 fully saturated rings. The van der Waals surface area contributed by atoms with Crippen molar-refractivity contribution in [3.63, 3.8) is 0 Å². The molecule has 2 N–H and O–H groups in total. The fourth-order valence-electron chi connectivity index (χ4n) is 0.632. The van der Waals surface area contributed by atoms with E-state index in [1.807, 2.05) is 0 Å². The van der Waals surface area contributed by atoms with Crippen molar-refractivity contribution in [1.29, 1.82) is 0 Å². The molecule has 0 atom stereocenters. The van der Waals surface area contributed by atoms with Crippen molar-refractivity contribution in [2.75, 3.05) is 11.5 Å². The molecule has 1 aliphatic heterocycles. The maximum atomic E-state index is 10.3. The third kappa shape index (κ3) is 1.29. The lowest BCUT2D eigenvalue weighted by Crippen LogP contribution is -2.07. The molecule has 0 aromatic carbocycles. The number of carbonyl (C=O) groups excluding carboxylic acids is 2. The lowest BCUT2D eigenvalue weighted by Gasteiger charge is -2.22. The number of ketones is 2. The molecule has 0 aromatic rings. The zero-order valence-corrected chi connectivity index (χ0v) is 5.35. The second-order valence-corrected chi connectivity index (χ2v) is 4.12. The highest BCUT2D eigenvalue weighted by molar-refractivity contribution is 8.26. The molecule has 1 aliphatic rings. The van der Waals surface area contributed by atoms with E-state index in [0.29, 0.717) is 0 Å². The number of Topliss-reactive ketones (excluding diaryl/α,β-unsaturated/α-hetero) is 2. The number of hydrogen-bond acceptors (Lipinski definition) is 4. The molecule has 0 unspecified atom stereocenters. The summed E-state index contributed by atoms with van der Waals surface area (Å²) in [6, 6.07) is 0. The molecule has 5 heteroatoms. The van der Waals surface area contributed by atoms with Crippen LogP contribution in [0.15, 0.2) is 0 Å². The summed E-state index contributed by atoms with van der Waals surface area (Å²) in [4.78, 5) is 20.7. The Labute approximate surface area is 53.2 Å². The number of carbonyl (C=O) groups is 2. The molecule has 52 valence electrons. The fourth-order valence-corrected chi connectivity index (χ4v) is 1.90. The largest absolute Gasteiger partial charge is 0.299 e. The first-order valence-corrected chi connectivity index (χ1v) is 4.19. The minimum Gasteiger partial charge on any atom is -0.299 e. The van der Waals surface area contributed by atoms with Crippen LogP contribution in [0.2, 0.25) is 0 Å². The predicted molar refractivity (Wildman–Crippen MR) is 32.6 cm³/mol. The molecule has 9 heavy (non-hydrogen) atoms. The number of hydrogen-bond donors (Lipinski definition) is 2. The molecule has 4 nitrogen and oxygen atoms in total. The van der Waals surface area contributed by atoms with Crippen molar-refractivity contribution in [1.82, 2.24) is 0 Å². The molecular formula is C4H6O4S. The summed E-state index contributed by atoms with van der Waals surface area (Å²) >= 11 is 0. The number of rotatable bonds is 0. The first-order valence-electron chi connectivity index (χ1n) is 2.31. The van der Waals surface area contributed by atoms with Gasteiger partial charge in [-0.3, -0.25) is 18.7 Å². The highest BCUT2D eigenvalue weighted by Crippen LogP contribution is 2.42. The molecule has 1 heterocycles. The van der Waals surface area contributed by atoms with Crippen LogP contribution in [-0.2, 0) is 9.59 Å². The van der Waals surface area contributed by atoms with Crippen LogP contribution in [0.3, 0.4) is 0 Å². The van der Waals surface area contributed by atoms with Crippen LogP contribution in [0.5, 0.6) is 0 Å². The Morgan fingerprint density at radius 1 is 1.11 bits per heavy atom. The van der Waals surface area contributed by atoms with Gasteiger partial charge in [0.25, 0.3) is 0 Å². The Hall–Kier alpha value is -0.390. The van der Waals surface area contributed by atoms with Gasteiger partial charge in [-0.05, 0) is 0 Å². The molecule has 0 aromatic heterocycles. The quantitative estimate of drug-likeness (QED) is 0.472. The van der Waals surface area contributed by atoms with E-state index in [4.69, 9.17) is 9.11 Å². The molecular weight excluding hydrogens is 144 g/mol. The van der Waals surface area contributed by atoms with E-state index in [1.54, 1.807) is 0 Å². The predicted octanol–water partition coefficient (Wildman–Crippen LogP) is -0.111. The molecule has 0 bridgehead atoms. The van der Waals surface area contributed by atoms with Gasteiger partial charge in [0, 0.05) is 0 Å². The summed E-state index contributed by atoms with van der Waals surface area (Å²) in [5.74, 6) is -2.05. The summed E-state index contributed by atoms with van der Waals surface area (Å²) in [5.41, 5.74) is 0. The smallest absolute Gasteiger partial charge is 0.218 e. The molecule has 1 saturated heterocycles. The Bertz CT molecular complexity index is 155. The van der Waals surface area contributed by atoms with Crippen LogP contribution in [-0.4, -0.2) is 32.2 Å². The maximum absolute atomic E-state index is 10.3. The minimum atomic E-state index is -2.84. The van der Waals surface area contributed by atoms with E-state index in [1.165, 1.54) is 0 Å². The van der Waals surface area contributed by atoms with Gasteiger partial charge in [-0.1, -0.05) is 0 Å². The second kappa shape index (κ2) is 1.80. The third-order valence-corrected chi connectivity index (χ3v) is 2.48. The van der Waals surface area contributed by atoms with Gasteiger partial charge in [0.2, 0.25) is 11.6 Å². The van der Waals surface area contributed by atoms with Crippen LogP contribution in [0.4, 0.5) is 0 Å². The van der Waals surface area contributed by atoms with Crippen molar-refractivity contribution in [3.05, 3.63) is 0 Å². The van der Waals surface area contributed by atoms with E-state index < -0.39 is 22.2 Å². The average Bonchev–Trinajstić information content (AvgIpc) is 1.79. The molecule has 0 radical (unpaired) electrons. The van der Waals surface area contributed by atoms with Crippen LogP contribution >= 0.6 is 10.6 Å². The van der Waals surface area contributed by atoms with Crippen molar-refractivity contribution < 1.29 is 18.7 Å². The van der Waals surface area contributed by atoms with E-state index in [2.05, 4.69) is 0 Å². The molecule has 0 saturated carbocycles. The molecule has 0 aliphatic carbocycles. The highest BCUT2D eigenvalue weighted by atomic mass is 32.3. The average molecular weight is 150 g/mol. The summed E-state index contributed by atoms with van der Waals surface area (Å²) in [5, 5.41) is 0. The lowest BCUT2D eigenvalue weighted by atomic mass is 10.3. The normalized spacial score (nSPS) is 28.7. The van der Waals surface area contributed by atoms with Crippen LogP contribution in [0, 0.1) is 0 Å². The van der Waals surface area contributed by atoms with E-state index >= 15 is 0 Å². The first kappa shape index (κ1) is 6.73. The molecule has 0 spiro atoms. The fraction of sp³-hybridized carbons (Fsp3) is 0.500. The van der Waals surface area contributed by atoms with Gasteiger partial charge in [-0.15, -0.1) is 0 Å². The van der Waals surface area contributed by atoms with Crippen molar-refractivity contribution >= 4 is 22.2 Å². The SMILES string of the molecule is O=C1CS(O)(O)CC1=O. The second-order valence-electron chi connectivity index (χ2n) is 1.94. The highest BCUT2D eigenvalue weighted by Gasteiger charge is 2.33. The Morgan fingerprint density at radius 2 is 1.44 bits per heavy atom. The monoisotopic (exact) mass is 150 g/mol. The van der Waals surface area contributed by atoms with Crippen molar-refractivity contribution in [2.45, 2.75) is 0 Å². The van der Waals surface area contributed by atoms with Crippen LogP contribution in [0.1, 0.15) is 0 Å². The van der Waals surface area contributed by atoms with Gasteiger partial charge in [-0.2, -0.15) is 10.6 Å². The van der Waals surface area contributed by atoms with E-state index in [-0.39, 0.29) is 11.5 Å².